The molecule has 1 aromatic carbocycles. The van der Waals surface area contributed by atoms with Crippen LogP contribution in [0.5, 0.6) is 5.75 Å². The number of carbonyl (C=O) groups excluding carboxylic acids is 1. The SMILES string of the molecule is COCC1(NC(=O)C2CCOc3ccccc3C2)CCCC1. The third-order valence-electron chi connectivity index (χ3n) is 4.90. The fourth-order valence-electron chi connectivity index (χ4n) is 3.71. The molecule has 4 heteroatoms. The number of hydrogen-bond donors (Lipinski definition) is 1. The van der Waals surface area contributed by atoms with Crippen LogP contribution in [0, 0.1) is 5.92 Å². The molecule has 0 spiro atoms. The van der Waals surface area contributed by atoms with Crippen molar-refractivity contribution in [1.29, 1.82) is 0 Å². The van der Waals surface area contributed by atoms with Crippen molar-refractivity contribution in [2.24, 2.45) is 5.92 Å². The molecule has 2 aliphatic rings. The van der Waals surface area contributed by atoms with Gasteiger partial charge in [-0.2, -0.15) is 0 Å². The number of methoxy groups -OCH3 is 1. The molecule has 1 fully saturated rings. The molecule has 1 N–H and O–H groups in total. The normalized spacial score (nSPS) is 23.2. The summed E-state index contributed by atoms with van der Waals surface area (Å²) in [5.41, 5.74) is 0.978. The lowest BCUT2D eigenvalue weighted by Crippen LogP contribution is -2.51. The predicted octanol–water partition coefficient (Wildman–Crippen LogP) is 2.70. The van der Waals surface area contributed by atoms with Gasteiger partial charge < -0.3 is 14.8 Å². The molecule has 0 bridgehead atoms. The van der Waals surface area contributed by atoms with Crippen molar-refractivity contribution in [1.82, 2.24) is 5.32 Å². The van der Waals surface area contributed by atoms with Crippen molar-refractivity contribution >= 4 is 5.91 Å². The lowest BCUT2D eigenvalue weighted by molar-refractivity contribution is -0.128. The summed E-state index contributed by atoms with van der Waals surface area (Å²) in [6, 6.07) is 8.03. The van der Waals surface area contributed by atoms with Gasteiger partial charge in [0, 0.05) is 13.0 Å². The number of amides is 1. The average molecular weight is 303 g/mol. The Labute approximate surface area is 132 Å². The standard InChI is InChI=1S/C18H25NO3/c1-21-13-18(9-4-5-10-18)19-17(20)15-8-11-22-16-7-3-2-6-14(16)12-15/h2-3,6-7,15H,4-5,8-13H2,1H3,(H,19,20). The first-order chi connectivity index (χ1) is 10.7. The second-order valence-corrected chi connectivity index (χ2v) is 6.56. The molecule has 1 aliphatic heterocycles. The smallest absolute Gasteiger partial charge is 0.224 e. The highest BCUT2D eigenvalue weighted by molar-refractivity contribution is 5.80. The molecule has 120 valence electrons. The molecule has 1 heterocycles. The second-order valence-electron chi connectivity index (χ2n) is 6.56. The molecule has 1 amide bonds. The Morgan fingerprint density at radius 3 is 2.91 bits per heavy atom. The molecule has 0 aromatic heterocycles. The van der Waals surface area contributed by atoms with Crippen LogP contribution in [0.3, 0.4) is 0 Å². The van der Waals surface area contributed by atoms with Crippen molar-refractivity contribution in [3.8, 4) is 5.75 Å². The third kappa shape index (κ3) is 3.27. The molecular formula is C18H25NO3. The van der Waals surface area contributed by atoms with Gasteiger partial charge in [-0.05, 0) is 37.3 Å². The van der Waals surface area contributed by atoms with Crippen molar-refractivity contribution in [3.05, 3.63) is 29.8 Å². The fraction of sp³-hybridized carbons (Fsp3) is 0.611. The van der Waals surface area contributed by atoms with Crippen molar-refractivity contribution in [3.63, 3.8) is 0 Å². The number of ether oxygens (including phenoxy) is 2. The fourth-order valence-corrected chi connectivity index (χ4v) is 3.71. The molecular weight excluding hydrogens is 278 g/mol. The van der Waals surface area contributed by atoms with E-state index in [4.69, 9.17) is 9.47 Å². The number of para-hydroxylation sites is 1. The quantitative estimate of drug-likeness (QED) is 0.930. The minimum Gasteiger partial charge on any atom is -0.493 e. The Hall–Kier alpha value is -1.55. The zero-order valence-corrected chi connectivity index (χ0v) is 13.3. The maximum absolute atomic E-state index is 12.8. The third-order valence-corrected chi connectivity index (χ3v) is 4.90. The van der Waals surface area contributed by atoms with E-state index in [2.05, 4.69) is 11.4 Å². The van der Waals surface area contributed by atoms with Crippen molar-refractivity contribution in [2.75, 3.05) is 20.3 Å². The Balaban J connectivity index is 1.69. The molecule has 1 saturated carbocycles. The first-order valence-electron chi connectivity index (χ1n) is 8.24. The van der Waals surface area contributed by atoms with Gasteiger partial charge in [0.1, 0.15) is 5.75 Å². The van der Waals surface area contributed by atoms with Gasteiger partial charge in [0.15, 0.2) is 0 Å². The maximum Gasteiger partial charge on any atom is 0.224 e. The number of hydrogen-bond acceptors (Lipinski definition) is 3. The number of nitrogens with one attached hydrogen (secondary N) is 1. The number of fused-ring (bicyclic) bond motifs is 1. The minimum absolute atomic E-state index is 0.0158. The van der Waals surface area contributed by atoms with E-state index in [1.165, 1.54) is 12.8 Å². The van der Waals surface area contributed by atoms with Crippen LogP contribution in [0.15, 0.2) is 24.3 Å². The van der Waals surface area contributed by atoms with E-state index in [9.17, 15) is 4.79 Å². The molecule has 1 unspecified atom stereocenters. The topological polar surface area (TPSA) is 47.6 Å². The summed E-state index contributed by atoms with van der Waals surface area (Å²) in [6.07, 6.45) is 5.90. The van der Waals surface area contributed by atoms with Gasteiger partial charge in [0.05, 0.1) is 18.8 Å². The van der Waals surface area contributed by atoms with Gasteiger partial charge in [0.25, 0.3) is 0 Å². The second kappa shape index (κ2) is 6.69. The summed E-state index contributed by atoms with van der Waals surface area (Å²) >= 11 is 0. The Morgan fingerprint density at radius 2 is 2.14 bits per heavy atom. The Bertz CT molecular complexity index is 523. The lowest BCUT2D eigenvalue weighted by atomic mass is 9.92. The van der Waals surface area contributed by atoms with Gasteiger partial charge in [-0.1, -0.05) is 31.0 Å². The first-order valence-corrected chi connectivity index (χ1v) is 8.24. The van der Waals surface area contributed by atoms with E-state index in [0.717, 1.165) is 37.0 Å². The minimum atomic E-state index is -0.154. The van der Waals surface area contributed by atoms with Crippen LogP contribution in [0.2, 0.25) is 0 Å². The number of benzene rings is 1. The van der Waals surface area contributed by atoms with Crippen LogP contribution >= 0.6 is 0 Å². The van der Waals surface area contributed by atoms with Gasteiger partial charge in [-0.3, -0.25) is 4.79 Å². The summed E-state index contributed by atoms with van der Waals surface area (Å²) in [5.74, 6) is 1.06. The lowest BCUT2D eigenvalue weighted by Gasteiger charge is -2.31. The summed E-state index contributed by atoms with van der Waals surface area (Å²) in [6.45, 7) is 1.21. The van der Waals surface area contributed by atoms with E-state index in [-0.39, 0.29) is 17.4 Å². The van der Waals surface area contributed by atoms with Crippen LogP contribution in [0.25, 0.3) is 0 Å². The van der Waals surface area contributed by atoms with Crippen LogP contribution in [-0.4, -0.2) is 31.8 Å². The van der Waals surface area contributed by atoms with Crippen LogP contribution in [-0.2, 0) is 16.0 Å². The van der Waals surface area contributed by atoms with Crippen LogP contribution in [0.1, 0.15) is 37.7 Å². The van der Waals surface area contributed by atoms with Crippen LogP contribution in [0.4, 0.5) is 0 Å². The maximum atomic E-state index is 12.8. The van der Waals surface area contributed by atoms with E-state index in [1.807, 2.05) is 18.2 Å². The van der Waals surface area contributed by atoms with Gasteiger partial charge >= 0.3 is 0 Å². The summed E-state index contributed by atoms with van der Waals surface area (Å²) in [5, 5.41) is 3.30. The molecule has 4 nitrogen and oxygen atoms in total. The predicted molar refractivity (Wildman–Crippen MR) is 85.0 cm³/mol. The molecule has 1 aliphatic carbocycles. The van der Waals surface area contributed by atoms with Crippen molar-refractivity contribution < 1.29 is 14.3 Å². The Kier molecular flexibility index (Phi) is 4.67. The number of rotatable bonds is 4. The Morgan fingerprint density at radius 1 is 1.36 bits per heavy atom. The molecule has 1 atom stereocenters. The summed E-state index contributed by atoms with van der Waals surface area (Å²) < 4.78 is 11.1. The van der Waals surface area contributed by atoms with E-state index < -0.39 is 0 Å². The van der Waals surface area contributed by atoms with E-state index in [1.54, 1.807) is 7.11 Å². The van der Waals surface area contributed by atoms with Gasteiger partial charge in [-0.25, -0.2) is 0 Å². The summed E-state index contributed by atoms with van der Waals surface area (Å²) in [4.78, 5) is 12.8. The molecule has 0 radical (unpaired) electrons. The van der Waals surface area contributed by atoms with Gasteiger partial charge in [0.2, 0.25) is 5.91 Å². The zero-order chi connectivity index (χ0) is 15.4. The van der Waals surface area contributed by atoms with Crippen molar-refractivity contribution in [2.45, 2.75) is 44.1 Å². The molecule has 1 aromatic rings. The number of carbonyl (C=O) groups is 1. The summed E-state index contributed by atoms with van der Waals surface area (Å²) in [7, 11) is 1.71. The molecule has 0 saturated heterocycles. The highest BCUT2D eigenvalue weighted by atomic mass is 16.5. The zero-order valence-electron chi connectivity index (χ0n) is 13.3. The largest absolute Gasteiger partial charge is 0.493 e. The highest BCUT2D eigenvalue weighted by Crippen LogP contribution is 2.32. The van der Waals surface area contributed by atoms with Gasteiger partial charge in [-0.15, -0.1) is 0 Å². The average Bonchev–Trinajstić information content (AvgIpc) is 2.85. The molecule has 3 rings (SSSR count). The van der Waals surface area contributed by atoms with E-state index >= 15 is 0 Å². The van der Waals surface area contributed by atoms with Crippen LogP contribution < -0.4 is 10.1 Å². The first kappa shape index (κ1) is 15.3. The molecule has 22 heavy (non-hydrogen) atoms. The highest BCUT2D eigenvalue weighted by Gasteiger charge is 2.37. The van der Waals surface area contributed by atoms with E-state index in [0.29, 0.717) is 13.2 Å². The monoisotopic (exact) mass is 303 g/mol.